The quantitative estimate of drug-likeness (QED) is 0.588. The molecule has 1 aromatic carbocycles. The van der Waals surface area contributed by atoms with Gasteiger partial charge in [-0.25, -0.2) is 0 Å². The van der Waals surface area contributed by atoms with Gasteiger partial charge in [0.1, 0.15) is 0 Å². The molecule has 0 aliphatic carbocycles. The van der Waals surface area contributed by atoms with E-state index in [-0.39, 0.29) is 0 Å². The number of allylic oxidation sites excluding steroid dienone is 1. The van der Waals surface area contributed by atoms with E-state index in [4.69, 9.17) is 6.58 Å². The van der Waals surface area contributed by atoms with Crippen molar-refractivity contribution in [2.75, 3.05) is 0 Å². The van der Waals surface area contributed by atoms with E-state index in [1.807, 2.05) is 18.2 Å². The summed E-state index contributed by atoms with van der Waals surface area (Å²) in [6, 6.07) is 10.2. The SMILES string of the molecule is [CH]=C(CCCCC)c1ccccc1. The predicted molar refractivity (Wildman–Crippen MR) is 58.3 cm³/mol. The van der Waals surface area contributed by atoms with Gasteiger partial charge < -0.3 is 0 Å². The summed E-state index contributed by atoms with van der Waals surface area (Å²) in [5.41, 5.74) is 2.20. The van der Waals surface area contributed by atoms with Gasteiger partial charge in [0, 0.05) is 0 Å². The zero-order chi connectivity index (χ0) is 9.52. The van der Waals surface area contributed by atoms with E-state index in [0.29, 0.717) is 0 Å². The Balaban J connectivity index is 2.40. The highest BCUT2D eigenvalue weighted by Gasteiger charge is 1.96. The first-order chi connectivity index (χ1) is 6.34. The Hall–Kier alpha value is -1.04. The second-order valence-electron chi connectivity index (χ2n) is 3.35. The van der Waals surface area contributed by atoms with Crippen molar-refractivity contribution in [2.24, 2.45) is 0 Å². The van der Waals surface area contributed by atoms with Gasteiger partial charge >= 0.3 is 0 Å². The van der Waals surface area contributed by atoms with Crippen LogP contribution in [0.2, 0.25) is 0 Å². The Morgan fingerprint density at radius 1 is 1.15 bits per heavy atom. The van der Waals surface area contributed by atoms with Gasteiger partial charge in [0.15, 0.2) is 0 Å². The Morgan fingerprint density at radius 3 is 2.46 bits per heavy atom. The molecule has 69 valence electrons. The van der Waals surface area contributed by atoms with Gasteiger partial charge in [0.25, 0.3) is 0 Å². The van der Waals surface area contributed by atoms with Gasteiger partial charge in [-0.3, -0.25) is 0 Å². The molecule has 0 amide bonds. The molecule has 0 saturated heterocycles. The summed E-state index contributed by atoms with van der Waals surface area (Å²) in [4.78, 5) is 0. The van der Waals surface area contributed by atoms with Crippen molar-refractivity contribution in [1.82, 2.24) is 0 Å². The topological polar surface area (TPSA) is 0 Å². The largest absolute Gasteiger partial charge is 0.0654 e. The third kappa shape index (κ3) is 3.45. The molecule has 1 aromatic rings. The molecule has 0 saturated carbocycles. The summed E-state index contributed by atoms with van der Waals surface area (Å²) >= 11 is 0. The first kappa shape index (κ1) is 10.0. The highest BCUT2D eigenvalue weighted by molar-refractivity contribution is 5.61. The Kier molecular flexibility index (Phi) is 4.31. The highest BCUT2D eigenvalue weighted by atomic mass is 14.0. The Morgan fingerprint density at radius 2 is 1.85 bits per heavy atom. The molecule has 13 heavy (non-hydrogen) atoms. The van der Waals surface area contributed by atoms with Crippen LogP contribution in [0.3, 0.4) is 0 Å². The van der Waals surface area contributed by atoms with Crippen LogP contribution >= 0.6 is 0 Å². The van der Waals surface area contributed by atoms with E-state index in [1.54, 1.807) is 0 Å². The lowest BCUT2D eigenvalue weighted by Gasteiger charge is -2.04. The lowest BCUT2D eigenvalue weighted by atomic mass is 10.0. The molecule has 0 aromatic heterocycles. The molecule has 0 fully saturated rings. The normalized spacial score (nSPS) is 9.92. The summed E-state index contributed by atoms with van der Waals surface area (Å²) < 4.78 is 0. The molecule has 0 unspecified atom stereocenters. The molecule has 0 heterocycles. The average Bonchev–Trinajstić information content (AvgIpc) is 2.19. The summed E-state index contributed by atoms with van der Waals surface area (Å²) in [5, 5.41) is 0. The Labute approximate surface area is 81.3 Å². The van der Waals surface area contributed by atoms with Crippen molar-refractivity contribution < 1.29 is 0 Å². The van der Waals surface area contributed by atoms with E-state index in [1.165, 1.54) is 24.8 Å². The van der Waals surface area contributed by atoms with Crippen molar-refractivity contribution in [1.29, 1.82) is 0 Å². The van der Waals surface area contributed by atoms with Crippen LogP contribution in [0.1, 0.15) is 38.2 Å². The van der Waals surface area contributed by atoms with Crippen molar-refractivity contribution >= 4 is 5.57 Å². The predicted octanol–water partition coefficient (Wildman–Crippen LogP) is 4.08. The minimum absolute atomic E-state index is 1.02. The van der Waals surface area contributed by atoms with E-state index in [0.717, 1.165) is 12.0 Å². The van der Waals surface area contributed by atoms with Crippen molar-refractivity contribution in [3.05, 3.63) is 42.5 Å². The monoisotopic (exact) mass is 173 g/mol. The van der Waals surface area contributed by atoms with Crippen LogP contribution in [0.5, 0.6) is 0 Å². The number of rotatable bonds is 5. The van der Waals surface area contributed by atoms with E-state index in [2.05, 4.69) is 19.1 Å². The van der Waals surface area contributed by atoms with Gasteiger partial charge in [-0.15, -0.1) is 0 Å². The van der Waals surface area contributed by atoms with Crippen LogP contribution in [-0.2, 0) is 0 Å². The number of hydrogen-bond donors (Lipinski definition) is 0. The fraction of sp³-hybridized carbons (Fsp3) is 0.385. The summed E-state index contributed by atoms with van der Waals surface area (Å²) in [6.07, 6.45) is 4.75. The number of unbranched alkanes of at least 4 members (excludes halogenated alkanes) is 2. The minimum atomic E-state index is 1.02. The van der Waals surface area contributed by atoms with Crippen LogP contribution in [0.4, 0.5) is 0 Å². The molecule has 1 radical (unpaired) electrons. The molecule has 0 nitrogen and oxygen atoms in total. The first-order valence-electron chi connectivity index (χ1n) is 5.01. The molecule has 0 heteroatoms. The molecule has 0 bridgehead atoms. The summed E-state index contributed by atoms with van der Waals surface area (Å²) in [7, 11) is 0. The lowest BCUT2D eigenvalue weighted by Crippen LogP contribution is -1.82. The smallest absolute Gasteiger partial charge is 0.0225 e. The van der Waals surface area contributed by atoms with Crippen LogP contribution in [0.15, 0.2) is 30.3 Å². The summed E-state index contributed by atoms with van der Waals surface area (Å²) in [5.74, 6) is 0. The minimum Gasteiger partial charge on any atom is -0.0654 e. The van der Waals surface area contributed by atoms with Crippen molar-refractivity contribution in [3.8, 4) is 0 Å². The maximum Gasteiger partial charge on any atom is -0.0225 e. The van der Waals surface area contributed by atoms with Crippen molar-refractivity contribution in [2.45, 2.75) is 32.6 Å². The third-order valence-corrected chi connectivity index (χ3v) is 2.19. The lowest BCUT2D eigenvalue weighted by molar-refractivity contribution is 0.735. The maximum absolute atomic E-state index is 5.95. The molecular formula is C13H17. The van der Waals surface area contributed by atoms with Gasteiger partial charge in [0.2, 0.25) is 0 Å². The molecule has 0 N–H and O–H groups in total. The van der Waals surface area contributed by atoms with E-state index < -0.39 is 0 Å². The average molecular weight is 173 g/mol. The van der Waals surface area contributed by atoms with Gasteiger partial charge in [-0.05, 0) is 24.0 Å². The van der Waals surface area contributed by atoms with E-state index in [9.17, 15) is 0 Å². The second-order valence-corrected chi connectivity index (χ2v) is 3.35. The zero-order valence-corrected chi connectivity index (χ0v) is 8.29. The van der Waals surface area contributed by atoms with Gasteiger partial charge in [-0.1, -0.05) is 56.7 Å². The highest BCUT2D eigenvalue weighted by Crippen LogP contribution is 2.18. The van der Waals surface area contributed by atoms with Gasteiger partial charge in [-0.2, -0.15) is 0 Å². The maximum atomic E-state index is 5.95. The van der Waals surface area contributed by atoms with Crippen LogP contribution in [0, 0.1) is 6.58 Å². The fourth-order valence-corrected chi connectivity index (χ4v) is 1.36. The molecule has 0 atom stereocenters. The molecule has 0 aliphatic rings. The number of hydrogen-bond acceptors (Lipinski definition) is 0. The van der Waals surface area contributed by atoms with Crippen molar-refractivity contribution in [3.63, 3.8) is 0 Å². The van der Waals surface area contributed by atoms with Gasteiger partial charge in [0.05, 0.1) is 0 Å². The van der Waals surface area contributed by atoms with Crippen LogP contribution in [-0.4, -0.2) is 0 Å². The molecule has 1 rings (SSSR count). The standard InChI is InChI=1S/C13H17/c1-3-4-6-9-12(2)13-10-7-5-8-11-13/h2,5,7-8,10-11H,3-4,6,9H2,1H3. The first-order valence-corrected chi connectivity index (χ1v) is 5.01. The molecule has 0 spiro atoms. The summed E-state index contributed by atoms with van der Waals surface area (Å²) in [6.45, 7) is 8.16. The van der Waals surface area contributed by atoms with E-state index >= 15 is 0 Å². The fourth-order valence-electron chi connectivity index (χ4n) is 1.36. The zero-order valence-electron chi connectivity index (χ0n) is 8.29. The second kappa shape index (κ2) is 5.58. The molecule has 0 aliphatic heterocycles. The Bertz CT molecular complexity index is 246. The third-order valence-electron chi connectivity index (χ3n) is 2.19. The molecular weight excluding hydrogens is 156 g/mol. The van der Waals surface area contributed by atoms with Crippen LogP contribution in [0.25, 0.3) is 5.57 Å². The number of benzene rings is 1. The van der Waals surface area contributed by atoms with Crippen LogP contribution < -0.4 is 0 Å².